The molecule has 0 amide bonds. The molecule has 2 rings (SSSR count). The second kappa shape index (κ2) is 6.35. The molecule has 0 aliphatic carbocycles. The zero-order chi connectivity index (χ0) is 13.8. The van der Waals surface area contributed by atoms with Crippen LogP contribution in [0.1, 0.15) is 37.0 Å². The highest BCUT2D eigenvalue weighted by atomic mass is 79.9. The summed E-state index contributed by atoms with van der Waals surface area (Å²) in [6, 6.07) is 8.89. The minimum Gasteiger partial charge on any atom is -0.464 e. The maximum Gasteiger partial charge on any atom is 0.142 e. The predicted octanol–water partition coefficient (Wildman–Crippen LogP) is 4.44. The van der Waals surface area contributed by atoms with Gasteiger partial charge in [0, 0.05) is 12.0 Å². The molecule has 1 atom stereocenters. The lowest BCUT2D eigenvalue weighted by Gasteiger charge is -2.17. The third-order valence-electron chi connectivity index (χ3n) is 3.02. The molecular weight excluding hydrogens is 309 g/mol. The highest BCUT2D eigenvalue weighted by Gasteiger charge is 2.21. The molecule has 0 fully saturated rings. The molecule has 2 nitrogen and oxygen atoms in total. The van der Waals surface area contributed by atoms with Gasteiger partial charge in [-0.2, -0.15) is 0 Å². The van der Waals surface area contributed by atoms with Gasteiger partial charge in [-0.25, -0.2) is 4.39 Å². The lowest BCUT2D eigenvalue weighted by atomic mass is 10.0. The first-order valence-electron chi connectivity index (χ1n) is 6.43. The molecular formula is C15H17BrFNO. The summed E-state index contributed by atoms with van der Waals surface area (Å²) in [4.78, 5) is 0. The summed E-state index contributed by atoms with van der Waals surface area (Å²) in [6.45, 7) is 4.76. The van der Waals surface area contributed by atoms with Gasteiger partial charge in [0.25, 0.3) is 0 Å². The summed E-state index contributed by atoms with van der Waals surface area (Å²) in [5.41, 5.74) is 0.591. The Kier molecular flexibility index (Phi) is 4.77. The number of halogens is 2. The van der Waals surface area contributed by atoms with Crippen molar-refractivity contribution in [3.05, 3.63) is 57.7 Å². The van der Waals surface area contributed by atoms with Crippen molar-refractivity contribution in [1.82, 2.24) is 5.32 Å². The number of furan rings is 1. The lowest BCUT2D eigenvalue weighted by Crippen LogP contribution is -2.22. The van der Waals surface area contributed by atoms with Crippen LogP contribution in [0.5, 0.6) is 0 Å². The van der Waals surface area contributed by atoms with Gasteiger partial charge < -0.3 is 9.73 Å². The van der Waals surface area contributed by atoms with Crippen LogP contribution in [-0.2, 0) is 6.42 Å². The monoisotopic (exact) mass is 325 g/mol. The predicted molar refractivity (Wildman–Crippen MR) is 77.7 cm³/mol. The molecule has 0 saturated heterocycles. The Morgan fingerprint density at radius 2 is 2.05 bits per heavy atom. The maximum atomic E-state index is 14.2. The van der Waals surface area contributed by atoms with Crippen LogP contribution in [0, 0.1) is 5.82 Å². The standard InChI is InChI=1S/C15H17BrFNO/c1-3-10-8-9-13(19-10)15(18-4-2)11-6-5-7-12(16)14(11)17/h5-9,15,18H,3-4H2,1-2H3. The zero-order valence-electron chi connectivity index (χ0n) is 11.0. The van der Waals surface area contributed by atoms with Crippen LogP contribution in [0.3, 0.4) is 0 Å². The Hall–Kier alpha value is -1.13. The minimum absolute atomic E-state index is 0.247. The summed E-state index contributed by atoms with van der Waals surface area (Å²) in [7, 11) is 0. The van der Waals surface area contributed by atoms with Crippen molar-refractivity contribution in [2.75, 3.05) is 6.54 Å². The third kappa shape index (κ3) is 3.07. The Morgan fingerprint density at radius 3 is 2.68 bits per heavy atom. The van der Waals surface area contributed by atoms with Gasteiger partial charge in [0.1, 0.15) is 17.3 Å². The van der Waals surface area contributed by atoms with Crippen molar-refractivity contribution in [1.29, 1.82) is 0 Å². The molecule has 1 heterocycles. The van der Waals surface area contributed by atoms with Gasteiger partial charge in [0.15, 0.2) is 0 Å². The van der Waals surface area contributed by atoms with Gasteiger partial charge in [0.05, 0.1) is 10.5 Å². The van der Waals surface area contributed by atoms with Crippen LogP contribution in [0.25, 0.3) is 0 Å². The van der Waals surface area contributed by atoms with E-state index in [2.05, 4.69) is 21.2 Å². The molecule has 1 N–H and O–H groups in total. The molecule has 1 aromatic carbocycles. The smallest absolute Gasteiger partial charge is 0.142 e. The SMILES string of the molecule is CCNC(c1ccc(CC)o1)c1cccc(Br)c1F. The van der Waals surface area contributed by atoms with Crippen molar-refractivity contribution in [2.24, 2.45) is 0 Å². The maximum absolute atomic E-state index is 14.2. The van der Waals surface area contributed by atoms with E-state index in [1.54, 1.807) is 12.1 Å². The minimum atomic E-state index is -0.261. The Bertz CT molecular complexity index is 553. The van der Waals surface area contributed by atoms with Gasteiger partial charge >= 0.3 is 0 Å². The second-order valence-corrected chi connectivity index (χ2v) is 5.15. The number of benzene rings is 1. The van der Waals surface area contributed by atoms with E-state index >= 15 is 0 Å². The fourth-order valence-electron chi connectivity index (χ4n) is 2.05. The molecule has 19 heavy (non-hydrogen) atoms. The molecule has 0 spiro atoms. The van der Waals surface area contributed by atoms with E-state index in [4.69, 9.17) is 4.42 Å². The average Bonchev–Trinajstić information content (AvgIpc) is 2.88. The van der Waals surface area contributed by atoms with Gasteiger partial charge in [-0.3, -0.25) is 0 Å². The fraction of sp³-hybridized carbons (Fsp3) is 0.333. The Morgan fingerprint density at radius 1 is 1.26 bits per heavy atom. The number of aryl methyl sites for hydroxylation is 1. The van der Waals surface area contributed by atoms with Crippen LogP contribution in [-0.4, -0.2) is 6.54 Å². The summed E-state index contributed by atoms with van der Waals surface area (Å²) >= 11 is 3.22. The largest absolute Gasteiger partial charge is 0.464 e. The highest BCUT2D eigenvalue weighted by Crippen LogP contribution is 2.29. The molecule has 0 radical (unpaired) electrons. The van der Waals surface area contributed by atoms with Crippen molar-refractivity contribution >= 4 is 15.9 Å². The first-order valence-corrected chi connectivity index (χ1v) is 7.22. The quantitative estimate of drug-likeness (QED) is 0.879. The van der Waals surface area contributed by atoms with E-state index in [1.165, 1.54) is 0 Å². The van der Waals surface area contributed by atoms with Crippen LogP contribution in [0.4, 0.5) is 4.39 Å². The number of nitrogens with one attached hydrogen (secondary N) is 1. The normalized spacial score (nSPS) is 12.6. The van der Waals surface area contributed by atoms with E-state index in [1.807, 2.05) is 32.0 Å². The summed E-state index contributed by atoms with van der Waals surface area (Å²) in [5, 5.41) is 3.27. The molecule has 4 heteroatoms. The number of rotatable bonds is 5. The molecule has 0 bridgehead atoms. The first kappa shape index (κ1) is 14.3. The van der Waals surface area contributed by atoms with Crippen molar-refractivity contribution in [2.45, 2.75) is 26.3 Å². The van der Waals surface area contributed by atoms with Crippen LogP contribution < -0.4 is 5.32 Å². The summed E-state index contributed by atoms with van der Waals surface area (Å²) in [5.74, 6) is 1.41. The molecule has 0 saturated carbocycles. The van der Waals surface area contributed by atoms with E-state index in [0.29, 0.717) is 10.0 Å². The van der Waals surface area contributed by atoms with Gasteiger partial charge in [-0.05, 0) is 40.7 Å². The molecule has 0 aliphatic heterocycles. The van der Waals surface area contributed by atoms with E-state index < -0.39 is 0 Å². The van der Waals surface area contributed by atoms with Crippen molar-refractivity contribution < 1.29 is 8.81 Å². The molecule has 1 unspecified atom stereocenters. The van der Waals surface area contributed by atoms with E-state index in [-0.39, 0.29) is 11.9 Å². The molecule has 1 aromatic heterocycles. The van der Waals surface area contributed by atoms with Crippen LogP contribution in [0.15, 0.2) is 39.2 Å². The van der Waals surface area contributed by atoms with Crippen molar-refractivity contribution in [3.63, 3.8) is 0 Å². The van der Waals surface area contributed by atoms with E-state index in [0.717, 1.165) is 24.5 Å². The fourth-order valence-corrected chi connectivity index (χ4v) is 2.43. The third-order valence-corrected chi connectivity index (χ3v) is 3.63. The van der Waals surface area contributed by atoms with E-state index in [9.17, 15) is 4.39 Å². The lowest BCUT2D eigenvalue weighted by molar-refractivity contribution is 0.418. The topological polar surface area (TPSA) is 25.2 Å². The zero-order valence-corrected chi connectivity index (χ0v) is 12.6. The summed E-state index contributed by atoms with van der Waals surface area (Å²) < 4.78 is 20.4. The average molecular weight is 326 g/mol. The number of hydrogen-bond donors (Lipinski definition) is 1. The molecule has 0 aliphatic rings. The Balaban J connectivity index is 2.42. The molecule has 102 valence electrons. The van der Waals surface area contributed by atoms with Gasteiger partial charge in [0.2, 0.25) is 0 Å². The van der Waals surface area contributed by atoms with Gasteiger partial charge in [-0.1, -0.05) is 26.0 Å². The second-order valence-electron chi connectivity index (χ2n) is 4.29. The first-order chi connectivity index (χ1) is 9.17. The van der Waals surface area contributed by atoms with Gasteiger partial charge in [-0.15, -0.1) is 0 Å². The Labute approximate surface area is 121 Å². The van der Waals surface area contributed by atoms with Crippen LogP contribution >= 0.6 is 15.9 Å². The van der Waals surface area contributed by atoms with Crippen molar-refractivity contribution in [3.8, 4) is 0 Å². The highest BCUT2D eigenvalue weighted by molar-refractivity contribution is 9.10. The number of hydrogen-bond acceptors (Lipinski definition) is 2. The van der Waals surface area contributed by atoms with Crippen LogP contribution in [0.2, 0.25) is 0 Å². The summed E-state index contributed by atoms with van der Waals surface area (Å²) in [6.07, 6.45) is 0.833. The molecule has 2 aromatic rings.